The van der Waals surface area contributed by atoms with E-state index in [1.165, 1.54) is 16.3 Å². The number of hydrogen-bond donors (Lipinski definition) is 2. The van der Waals surface area contributed by atoms with E-state index < -0.39 is 0 Å². The van der Waals surface area contributed by atoms with Crippen molar-refractivity contribution in [2.75, 3.05) is 6.54 Å². The summed E-state index contributed by atoms with van der Waals surface area (Å²) in [6.07, 6.45) is 0.502. The predicted molar refractivity (Wildman–Crippen MR) is 88.2 cm³/mol. The maximum Gasteiger partial charge on any atom is 0.221 e. The Balaban J connectivity index is 1.84. The molecule has 3 nitrogen and oxygen atoms in total. The molecule has 2 rings (SSSR count). The molecule has 0 radical (unpaired) electrons. The molecule has 0 aliphatic heterocycles. The van der Waals surface area contributed by atoms with Crippen LogP contribution in [0.1, 0.15) is 32.8 Å². The average Bonchev–Trinajstić information content (AvgIpc) is 2.42. The van der Waals surface area contributed by atoms with E-state index in [4.69, 9.17) is 0 Å². The van der Waals surface area contributed by atoms with E-state index in [1.807, 2.05) is 20.8 Å². The van der Waals surface area contributed by atoms with Gasteiger partial charge in [-0.1, -0.05) is 42.5 Å². The van der Waals surface area contributed by atoms with Gasteiger partial charge in [0.25, 0.3) is 0 Å². The summed E-state index contributed by atoms with van der Waals surface area (Å²) in [5.74, 6) is 0.0907. The number of fused-ring (bicyclic) bond motifs is 1. The van der Waals surface area contributed by atoms with Crippen molar-refractivity contribution in [2.45, 2.75) is 39.3 Å². The molecule has 1 amide bonds. The molecule has 3 heteroatoms. The van der Waals surface area contributed by atoms with Crippen LogP contribution in [0.15, 0.2) is 42.5 Å². The van der Waals surface area contributed by atoms with E-state index >= 15 is 0 Å². The van der Waals surface area contributed by atoms with Crippen LogP contribution in [-0.4, -0.2) is 18.0 Å². The average molecular weight is 284 g/mol. The van der Waals surface area contributed by atoms with Crippen LogP contribution < -0.4 is 10.6 Å². The van der Waals surface area contributed by atoms with Crippen molar-refractivity contribution in [3.8, 4) is 0 Å². The van der Waals surface area contributed by atoms with Crippen molar-refractivity contribution in [1.29, 1.82) is 0 Å². The number of carbonyl (C=O) groups is 1. The molecule has 112 valence electrons. The molecule has 0 saturated heterocycles. The number of nitrogens with one attached hydrogen (secondary N) is 2. The topological polar surface area (TPSA) is 41.1 Å². The first-order valence-corrected chi connectivity index (χ1v) is 7.44. The molecule has 0 heterocycles. The second-order valence-electron chi connectivity index (χ2n) is 6.36. The van der Waals surface area contributed by atoms with Gasteiger partial charge in [-0.05, 0) is 37.1 Å². The van der Waals surface area contributed by atoms with Crippen molar-refractivity contribution < 1.29 is 4.79 Å². The van der Waals surface area contributed by atoms with E-state index in [-0.39, 0.29) is 11.4 Å². The summed E-state index contributed by atoms with van der Waals surface area (Å²) in [6.45, 7) is 7.45. The monoisotopic (exact) mass is 284 g/mol. The van der Waals surface area contributed by atoms with Crippen molar-refractivity contribution >= 4 is 16.7 Å². The first kappa shape index (κ1) is 15.5. The van der Waals surface area contributed by atoms with Gasteiger partial charge < -0.3 is 10.6 Å². The van der Waals surface area contributed by atoms with Gasteiger partial charge in [-0.3, -0.25) is 4.79 Å². The summed E-state index contributed by atoms with van der Waals surface area (Å²) in [4.78, 5) is 11.7. The third-order valence-electron chi connectivity index (χ3n) is 3.24. The molecule has 0 atom stereocenters. The van der Waals surface area contributed by atoms with Gasteiger partial charge in [-0.15, -0.1) is 0 Å². The second kappa shape index (κ2) is 6.72. The van der Waals surface area contributed by atoms with Crippen LogP contribution in [0.2, 0.25) is 0 Å². The Bertz CT molecular complexity index is 609. The fourth-order valence-corrected chi connectivity index (χ4v) is 2.35. The summed E-state index contributed by atoms with van der Waals surface area (Å²) >= 11 is 0. The largest absolute Gasteiger partial charge is 0.351 e. The molecule has 0 saturated carbocycles. The Labute approximate surface area is 126 Å². The molecule has 0 aromatic heterocycles. The standard InChI is InChI=1S/C18H24N2O/c1-18(2,3)20-17(21)11-12-19-13-15-9-6-8-14-7-4-5-10-16(14)15/h4-10,19H,11-13H2,1-3H3,(H,20,21). The molecule has 2 N–H and O–H groups in total. The molecule has 0 fully saturated rings. The Kier molecular flexibility index (Phi) is 4.97. The lowest BCUT2D eigenvalue weighted by Gasteiger charge is -2.20. The first-order valence-electron chi connectivity index (χ1n) is 7.44. The lowest BCUT2D eigenvalue weighted by atomic mass is 10.0. The van der Waals surface area contributed by atoms with E-state index in [0.717, 1.165) is 6.54 Å². The third kappa shape index (κ3) is 4.87. The minimum Gasteiger partial charge on any atom is -0.351 e. The molecule has 0 spiro atoms. The van der Waals surface area contributed by atoms with Crippen LogP contribution >= 0.6 is 0 Å². The highest BCUT2D eigenvalue weighted by Gasteiger charge is 2.12. The lowest BCUT2D eigenvalue weighted by Crippen LogP contribution is -2.41. The van der Waals surface area contributed by atoms with Crippen LogP contribution in [0.5, 0.6) is 0 Å². The highest BCUT2D eigenvalue weighted by Crippen LogP contribution is 2.18. The van der Waals surface area contributed by atoms with Crippen LogP contribution in [0.25, 0.3) is 10.8 Å². The van der Waals surface area contributed by atoms with E-state index in [0.29, 0.717) is 13.0 Å². The lowest BCUT2D eigenvalue weighted by molar-refractivity contribution is -0.122. The zero-order valence-electron chi connectivity index (χ0n) is 13.1. The Morgan fingerprint density at radius 2 is 1.76 bits per heavy atom. The Hall–Kier alpha value is -1.87. The molecule has 21 heavy (non-hydrogen) atoms. The normalized spacial score (nSPS) is 11.6. The third-order valence-corrected chi connectivity index (χ3v) is 3.24. The zero-order valence-corrected chi connectivity index (χ0v) is 13.1. The highest BCUT2D eigenvalue weighted by molar-refractivity contribution is 5.85. The first-order chi connectivity index (χ1) is 9.96. The fourth-order valence-electron chi connectivity index (χ4n) is 2.35. The molecular formula is C18H24N2O. The van der Waals surface area contributed by atoms with E-state index in [9.17, 15) is 4.79 Å². The predicted octanol–water partition coefficient (Wildman–Crippen LogP) is 3.23. The van der Waals surface area contributed by atoms with E-state index in [2.05, 4.69) is 53.1 Å². The van der Waals surface area contributed by atoms with Crippen molar-refractivity contribution in [3.05, 3.63) is 48.0 Å². The molecule has 2 aromatic rings. The molecule has 0 aliphatic rings. The Morgan fingerprint density at radius 3 is 2.52 bits per heavy atom. The van der Waals surface area contributed by atoms with Gasteiger partial charge in [-0.2, -0.15) is 0 Å². The number of rotatable bonds is 5. The quantitative estimate of drug-likeness (QED) is 0.828. The summed E-state index contributed by atoms with van der Waals surface area (Å²) < 4.78 is 0. The summed E-state index contributed by atoms with van der Waals surface area (Å²) in [6, 6.07) is 14.7. The number of benzene rings is 2. The second-order valence-corrected chi connectivity index (χ2v) is 6.36. The minimum absolute atomic E-state index is 0.0907. The van der Waals surface area contributed by atoms with Crippen LogP contribution in [0.4, 0.5) is 0 Å². The minimum atomic E-state index is -0.160. The number of hydrogen-bond acceptors (Lipinski definition) is 2. The van der Waals surface area contributed by atoms with Gasteiger partial charge >= 0.3 is 0 Å². The molecule has 2 aromatic carbocycles. The summed E-state index contributed by atoms with van der Waals surface area (Å²) in [5.41, 5.74) is 1.11. The van der Waals surface area contributed by atoms with Gasteiger partial charge in [0.15, 0.2) is 0 Å². The molecule has 0 aliphatic carbocycles. The Morgan fingerprint density at radius 1 is 1.05 bits per heavy atom. The summed E-state index contributed by atoms with van der Waals surface area (Å²) in [5, 5.41) is 8.84. The number of amides is 1. The van der Waals surface area contributed by atoms with Crippen molar-refractivity contribution in [1.82, 2.24) is 10.6 Å². The SMILES string of the molecule is CC(C)(C)NC(=O)CCNCc1cccc2ccccc12. The number of carbonyl (C=O) groups excluding carboxylic acids is 1. The van der Waals surface area contributed by atoms with Crippen LogP contribution in [0.3, 0.4) is 0 Å². The smallest absolute Gasteiger partial charge is 0.221 e. The van der Waals surface area contributed by atoms with Crippen LogP contribution in [0, 0.1) is 0 Å². The van der Waals surface area contributed by atoms with Crippen molar-refractivity contribution in [2.24, 2.45) is 0 Å². The molecule has 0 unspecified atom stereocenters. The highest BCUT2D eigenvalue weighted by atomic mass is 16.1. The van der Waals surface area contributed by atoms with Gasteiger partial charge in [0.05, 0.1) is 0 Å². The summed E-state index contributed by atoms with van der Waals surface area (Å²) in [7, 11) is 0. The maximum absolute atomic E-state index is 11.7. The van der Waals surface area contributed by atoms with Gasteiger partial charge in [0.2, 0.25) is 5.91 Å². The van der Waals surface area contributed by atoms with Gasteiger partial charge in [-0.25, -0.2) is 0 Å². The van der Waals surface area contributed by atoms with E-state index in [1.54, 1.807) is 0 Å². The van der Waals surface area contributed by atoms with Gasteiger partial charge in [0, 0.05) is 25.0 Å². The fraction of sp³-hybridized carbons (Fsp3) is 0.389. The molecular weight excluding hydrogens is 260 g/mol. The maximum atomic E-state index is 11.7. The van der Waals surface area contributed by atoms with Crippen molar-refractivity contribution in [3.63, 3.8) is 0 Å². The van der Waals surface area contributed by atoms with Crippen LogP contribution in [-0.2, 0) is 11.3 Å². The van der Waals surface area contributed by atoms with Gasteiger partial charge in [0.1, 0.15) is 0 Å². The molecule has 0 bridgehead atoms. The zero-order chi connectivity index (χ0) is 15.3.